The molecule has 6 heteroatoms. The summed E-state index contributed by atoms with van der Waals surface area (Å²) in [6.45, 7) is 7.72. The Morgan fingerprint density at radius 2 is 1.28 bits per heavy atom. The number of aliphatic hydroxyl groups excluding tert-OH is 1. The molecule has 6 saturated carbocycles. The van der Waals surface area contributed by atoms with Crippen molar-refractivity contribution in [2.45, 2.75) is 174 Å². The first kappa shape index (κ1) is 41.0. The van der Waals surface area contributed by atoms with Crippen LogP contribution in [0.1, 0.15) is 161 Å². The van der Waals surface area contributed by atoms with E-state index in [1.54, 1.807) is 0 Å². The molecule has 8 aliphatic carbocycles. The lowest BCUT2D eigenvalue weighted by atomic mass is 9.52. The third kappa shape index (κ3) is 8.38. The summed E-state index contributed by atoms with van der Waals surface area (Å²) < 4.78 is 12.0. The molecule has 6 fully saturated rings. The fraction of sp³-hybridized carbons (Fsp3) is 0.745. The van der Waals surface area contributed by atoms with Gasteiger partial charge in [0.05, 0.1) is 12.7 Å². The predicted octanol–water partition coefficient (Wildman–Crippen LogP) is 11.1. The van der Waals surface area contributed by atoms with Crippen LogP contribution in [0.3, 0.4) is 0 Å². The van der Waals surface area contributed by atoms with Gasteiger partial charge in [-0.2, -0.15) is 0 Å². The van der Waals surface area contributed by atoms with Crippen LogP contribution in [0.25, 0.3) is 0 Å². The van der Waals surface area contributed by atoms with Crippen LogP contribution >= 0.6 is 0 Å². The SMILES string of the molecule is CCCCCCOc1ccc(CCC(=O)O[C@H]2CC[C@H]3[C@@H]4CCC5=CC(=O)CC[C@@H]5[C@H]4CC[C@]23C)cc1.C[C@]12CC[C@H]3[C@@H](CCC4=CC(=O)CC[C@@H]43)[C@@H]1CC[C@@H]2O. The molecule has 9 rings (SSSR count). The van der Waals surface area contributed by atoms with Gasteiger partial charge in [-0.05, 0) is 185 Å². The second-order valence-electron chi connectivity index (χ2n) is 20.4. The van der Waals surface area contributed by atoms with Gasteiger partial charge in [-0.1, -0.05) is 63.3 Å². The van der Waals surface area contributed by atoms with E-state index in [9.17, 15) is 19.5 Å². The van der Waals surface area contributed by atoms with Gasteiger partial charge in [0.25, 0.3) is 0 Å². The molecule has 1 aromatic rings. The molecular formula is C51H72O6. The van der Waals surface area contributed by atoms with Crippen molar-refractivity contribution in [1.29, 1.82) is 0 Å². The van der Waals surface area contributed by atoms with E-state index in [0.717, 1.165) is 112 Å². The van der Waals surface area contributed by atoms with Gasteiger partial charge in [0.2, 0.25) is 0 Å². The average molecular weight is 781 g/mol. The van der Waals surface area contributed by atoms with Crippen LogP contribution in [0.2, 0.25) is 0 Å². The molecule has 0 unspecified atom stereocenters. The van der Waals surface area contributed by atoms with E-state index in [1.807, 2.05) is 24.3 Å². The Morgan fingerprint density at radius 1 is 0.684 bits per heavy atom. The maximum absolute atomic E-state index is 12.9. The van der Waals surface area contributed by atoms with E-state index in [1.165, 1.54) is 75.4 Å². The van der Waals surface area contributed by atoms with Gasteiger partial charge >= 0.3 is 5.97 Å². The Balaban J connectivity index is 0.000000190. The van der Waals surface area contributed by atoms with Gasteiger partial charge in [0, 0.05) is 24.7 Å². The number of carbonyl (C=O) groups excluding carboxylic acids is 3. The van der Waals surface area contributed by atoms with E-state index in [0.29, 0.717) is 42.2 Å². The number of unbranched alkanes of at least 4 members (excludes halogenated alkanes) is 3. The highest BCUT2D eigenvalue weighted by molar-refractivity contribution is 5.91. The number of fused-ring (bicyclic) bond motifs is 10. The molecule has 0 amide bonds. The summed E-state index contributed by atoms with van der Waals surface area (Å²) >= 11 is 0. The highest BCUT2D eigenvalue weighted by Gasteiger charge is 2.58. The number of benzene rings is 1. The molecule has 0 radical (unpaired) electrons. The molecule has 0 bridgehead atoms. The third-order valence-corrected chi connectivity index (χ3v) is 17.5. The van der Waals surface area contributed by atoms with Crippen molar-refractivity contribution in [2.75, 3.05) is 6.61 Å². The number of ketones is 2. The topological polar surface area (TPSA) is 89.9 Å². The number of allylic oxidation sites excluding steroid dienone is 2. The Labute approximate surface area is 343 Å². The van der Waals surface area contributed by atoms with E-state index < -0.39 is 0 Å². The smallest absolute Gasteiger partial charge is 0.306 e. The molecule has 1 N–H and O–H groups in total. The number of ether oxygens (including phenoxy) is 2. The number of rotatable bonds is 10. The molecule has 0 saturated heterocycles. The monoisotopic (exact) mass is 781 g/mol. The van der Waals surface area contributed by atoms with E-state index in [4.69, 9.17) is 9.47 Å². The van der Waals surface area contributed by atoms with Crippen LogP contribution in [-0.4, -0.2) is 41.5 Å². The fourth-order valence-corrected chi connectivity index (χ4v) is 14.4. The maximum atomic E-state index is 12.9. The zero-order valence-electron chi connectivity index (χ0n) is 35.5. The summed E-state index contributed by atoms with van der Waals surface area (Å²) in [5.41, 5.74) is 4.35. The molecule has 12 atom stereocenters. The minimum absolute atomic E-state index is 0.0510. The van der Waals surface area contributed by atoms with Crippen molar-refractivity contribution < 1.29 is 29.0 Å². The summed E-state index contributed by atoms with van der Waals surface area (Å²) in [4.78, 5) is 36.5. The zero-order chi connectivity index (χ0) is 39.7. The van der Waals surface area contributed by atoms with Crippen LogP contribution in [0.4, 0.5) is 0 Å². The minimum atomic E-state index is -0.0710. The molecule has 0 heterocycles. The van der Waals surface area contributed by atoms with Crippen LogP contribution in [0.15, 0.2) is 47.6 Å². The number of esters is 1. The van der Waals surface area contributed by atoms with Gasteiger partial charge in [-0.3, -0.25) is 14.4 Å². The molecule has 0 aromatic heterocycles. The lowest BCUT2D eigenvalue weighted by Crippen LogP contribution is -2.48. The predicted molar refractivity (Wildman–Crippen MR) is 224 cm³/mol. The van der Waals surface area contributed by atoms with Crippen LogP contribution in [0, 0.1) is 58.2 Å². The number of aliphatic hydroxyl groups is 1. The first-order valence-corrected chi connectivity index (χ1v) is 23.6. The second-order valence-corrected chi connectivity index (χ2v) is 20.4. The molecule has 57 heavy (non-hydrogen) atoms. The van der Waals surface area contributed by atoms with Gasteiger partial charge in [-0.25, -0.2) is 0 Å². The molecule has 8 aliphatic rings. The van der Waals surface area contributed by atoms with E-state index in [-0.39, 0.29) is 29.0 Å². The van der Waals surface area contributed by atoms with Crippen molar-refractivity contribution in [1.82, 2.24) is 0 Å². The summed E-state index contributed by atoms with van der Waals surface area (Å²) in [6, 6.07) is 8.20. The number of hydrogen-bond donors (Lipinski definition) is 1. The number of hydrogen-bond acceptors (Lipinski definition) is 6. The van der Waals surface area contributed by atoms with Gasteiger partial charge in [-0.15, -0.1) is 0 Å². The molecule has 6 nitrogen and oxygen atoms in total. The Hall–Kier alpha value is -2.73. The van der Waals surface area contributed by atoms with Gasteiger partial charge in [0.1, 0.15) is 11.9 Å². The summed E-state index contributed by atoms with van der Waals surface area (Å²) in [6.07, 6.45) is 27.5. The highest BCUT2D eigenvalue weighted by atomic mass is 16.5. The Kier molecular flexibility index (Phi) is 12.6. The molecule has 1 aromatic carbocycles. The molecular weight excluding hydrogens is 709 g/mol. The highest BCUT2D eigenvalue weighted by Crippen LogP contribution is 2.63. The van der Waals surface area contributed by atoms with E-state index >= 15 is 0 Å². The van der Waals surface area contributed by atoms with Gasteiger partial charge in [0.15, 0.2) is 11.6 Å². The summed E-state index contributed by atoms with van der Waals surface area (Å²) in [5, 5.41) is 10.4. The summed E-state index contributed by atoms with van der Waals surface area (Å²) in [7, 11) is 0. The normalized spacial score (nSPS) is 39.1. The Morgan fingerprint density at radius 3 is 1.91 bits per heavy atom. The second kappa shape index (κ2) is 17.5. The lowest BCUT2D eigenvalue weighted by molar-refractivity contribution is -0.158. The summed E-state index contributed by atoms with van der Waals surface area (Å²) in [5.74, 6) is 7.30. The molecule has 312 valence electrons. The average Bonchev–Trinajstić information content (AvgIpc) is 3.71. The standard InChI is InChI=1S/C33H46O4.C18H26O2/c1-3-4-5-6-21-36-26-12-7-23(8-13-26)9-18-32(35)37-31-17-16-30-29-14-10-24-22-25(34)11-15-27(24)28(29)19-20-33(30,31)2;1-18-9-8-14-13-5-3-12(19)10-11(13)2-4-15(14)16(18)6-7-17(18)20/h7-8,12-13,22,27-31H,3-6,9-11,14-21H2,1-2H3;10,13-17,20H,2-9H2,1H3/t27-,28+,29+,30-,31-,33-;13-,14+,15+,16-,17-,18-/m00/s1. The molecule has 0 aliphatic heterocycles. The maximum Gasteiger partial charge on any atom is 0.306 e. The largest absolute Gasteiger partial charge is 0.494 e. The fourth-order valence-electron chi connectivity index (χ4n) is 14.4. The Bertz CT molecular complexity index is 1670. The number of aryl methyl sites for hydroxylation is 1. The lowest BCUT2D eigenvalue weighted by Gasteiger charge is -2.53. The van der Waals surface area contributed by atoms with Crippen molar-refractivity contribution in [3.8, 4) is 5.75 Å². The van der Waals surface area contributed by atoms with Crippen LogP contribution < -0.4 is 4.74 Å². The van der Waals surface area contributed by atoms with Crippen LogP contribution in [-0.2, 0) is 25.5 Å². The molecule has 0 spiro atoms. The van der Waals surface area contributed by atoms with Crippen molar-refractivity contribution in [3.63, 3.8) is 0 Å². The first-order chi connectivity index (χ1) is 27.6. The van der Waals surface area contributed by atoms with Crippen molar-refractivity contribution in [3.05, 3.63) is 53.1 Å². The van der Waals surface area contributed by atoms with Crippen molar-refractivity contribution in [2.24, 2.45) is 58.2 Å². The third-order valence-electron chi connectivity index (χ3n) is 17.5. The van der Waals surface area contributed by atoms with Crippen molar-refractivity contribution >= 4 is 17.5 Å². The van der Waals surface area contributed by atoms with Crippen LogP contribution in [0.5, 0.6) is 5.75 Å². The quantitative estimate of drug-likeness (QED) is 0.188. The minimum Gasteiger partial charge on any atom is -0.494 e. The first-order valence-electron chi connectivity index (χ1n) is 23.6. The van der Waals surface area contributed by atoms with Gasteiger partial charge < -0.3 is 14.6 Å². The number of carbonyl (C=O) groups is 3. The van der Waals surface area contributed by atoms with E-state index in [2.05, 4.69) is 32.9 Å². The zero-order valence-corrected chi connectivity index (χ0v) is 35.5.